The van der Waals surface area contributed by atoms with E-state index in [0.717, 1.165) is 0 Å². The van der Waals surface area contributed by atoms with E-state index in [4.69, 9.17) is 4.52 Å². The predicted octanol–water partition coefficient (Wildman–Crippen LogP) is 2.53. The lowest BCUT2D eigenvalue weighted by molar-refractivity contribution is 0.158. The van der Waals surface area contributed by atoms with Crippen LogP contribution in [0.2, 0.25) is 0 Å². The molecule has 15 heavy (non-hydrogen) atoms. The molecular formula is C11H10FNO2. The van der Waals surface area contributed by atoms with Crippen LogP contribution in [0.5, 0.6) is 0 Å². The average Bonchev–Trinajstić information content (AvgIpc) is 2.67. The lowest BCUT2D eigenvalue weighted by Gasteiger charge is -1.96. The molecule has 78 valence electrons. The van der Waals surface area contributed by atoms with Crippen LogP contribution >= 0.6 is 0 Å². The van der Waals surface area contributed by atoms with Gasteiger partial charge in [0.2, 0.25) is 0 Å². The number of aliphatic hydroxyl groups excluding tert-OH is 1. The van der Waals surface area contributed by atoms with Crippen LogP contribution < -0.4 is 0 Å². The molecule has 1 aromatic carbocycles. The average molecular weight is 207 g/mol. The SMILES string of the molecule is CC(O)c1cc(-c2ccccc2F)no1. The molecule has 1 aromatic heterocycles. The third kappa shape index (κ3) is 1.89. The molecule has 1 atom stereocenters. The molecule has 0 aliphatic heterocycles. The van der Waals surface area contributed by atoms with Crippen LogP contribution in [0.4, 0.5) is 4.39 Å². The second-order valence-electron chi connectivity index (χ2n) is 3.27. The minimum absolute atomic E-state index is 0.327. The number of hydrogen-bond donors (Lipinski definition) is 1. The van der Waals surface area contributed by atoms with Crippen molar-refractivity contribution in [1.82, 2.24) is 5.16 Å². The third-order valence-corrected chi connectivity index (χ3v) is 2.09. The summed E-state index contributed by atoms with van der Waals surface area (Å²) in [5.41, 5.74) is 0.761. The molecule has 0 fully saturated rings. The molecule has 0 radical (unpaired) electrons. The first kappa shape index (κ1) is 9.86. The van der Waals surface area contributed by atoms with E-state index in [1.54, 1.807) is 25.1 Å². The van der Waals surface area contributed by atoms with E-state index in [9.17, 15) is 9.50 Å². The molecule has 0 aliphatic carbocycles. The van der Waals surface area contributed by atoms with Crippen molar-refractivity contribution in [2.24, 2.45) is 0 Å². The Morgan fingerprint density at radius 1 is 1.40 bits per heavy atom. The van der Waals surface area contributed by atoms with Crippen molar-refractivity contribution in [3.63, 3.8) is 0 Å². The molecule has 0 saturated carbocycles. The van der Waals surface area contributed by atoms with E-state index in [1.807, 2.05) is 0 Å². The first-order valence-corrected chi connectivity index (χ1v) is 4.58. The van der Waals surface area contributed by atoms with Crippen molar-refractivity contribution in [3.8, 4) is 11.3 Å². The van der Waals surface area contributed by atoms with Gasteiger partial charge in [0.25, 0.3) is 0 Å². The summed E-state index contributed by atoms with van der Waals surface area (Å²) in [7, 11) is 0. The van der Waals surface area contributed by atoms with Gasteiger partial charge in [-0.25, -0.2) is 4.39 Å². The zero-order valence-electron chi connectivity index (χ0n) is 8.14. The van der Waals surface area contributed by atoms with Gasteiger partial charge in [-0.15, -0.1) is 0 Å². The number of aromatic nitrogens is 1. The summed E-state index contributed by atoms with van der Waals surface area (Å²) in [5, 5.41) is 12.9. The minimum atomic E-state index is -0.738. The zero-order chi connectivity index (χ0) is 10.8. The maximum absolute atomic E-state index is 13.3. The Kier molecular flexibility index (Phi) is 2.51. The topological polar surface area (TPSA) is 46.3 Å². The van der Waals surface area contributed by atoms with Gasteiger partial charge in [-0.3, -0.25) is 0 Å². The molecule has 1 N–H and O–H groups in total. The van der Waals surface area contributed by atoms with Gasteiger partial charge in [-0.05, 0) is 19.1 Å². The van der Waals surface area contributed by atoms with Gasteiger partial charge in [-0.1, -0.05) is 17.3 Å². The Hall–Kier alpha value is -1.68. The largest absolute Gasteiger partial charge is 0.385 e. The van der Waals surface area contributed by atoms with Crippen molar-refractivity contribution in [2.75, 3.05) is 0 Å². The Morgan fingerprint density at radius 2 is 2.13 bits per heavy atom. The normalized spacial score (nSPS) is 12.7. The quantitative estimate of drug-likeness (QED) is 0.823. The van der Waals surface area contributed by atoms with E-state index >= 15 is 0 Å². The maximum Gasteiger partial charge on any atom is 0.165 e. The van der Waals surface area contributed by atoms with Crippen molar-refractivity contribution >= 4 is 0 Å². The monoisotopic (exact) mass is 207 g/mol. The highest BCUT2D eigenvalue weighted by molar-refractivity contribution is 5.59. The Morgan fingerprint density at radius 3 is 2.73 bits per heavy atom. The van der Waals surface area contributed by atoms with Crippen LogP contribution in [0, 0.1) is 5.82 Å². The summed E-state index contributed by atoms with van der Waals surface area (Å²) in [6, 6.07) is 7.82. The summed E-state index contributed by atoms with van der Waals surface area (Å²) in [6.07, 6.45) is -0.738. The molecule has 0 spiro atoms. The van der Waals surface area contributed by atoms with E-state index in [2.05, 4.69) is 5.16 Å². The summed E-state index contributed by atoms with van der Waals surface area (Å²) in [6.45, 7) is 1.56. The fraction of sp³-hybridized carbons (Fsp3) is 0.182. The number of benzene rings is 1. The molecular weight excluding hydrogens is 197 g/mol. The Labute approximate surface area is 86.1 Å². The number of rotatable bonds is 2. The Balaban J connectivity index is 2.42. The molecule has 2 rings (SSSR count). The maximum atomic E-state index is 13.3. The van der Waals surface area contributed by atoms with Crippen LogP contribution in [0.3, 0.4) is 0 Å². The van der Waals surface area contributed by atoms with Crippen molar-refractivity contribution in [1.29, 1.82) is 0 Å². The molecule has 1 heterocycles. The number of nitrogens with zero attached hydrogens (tertiary/aromatic N) is 1. The first-order valence-electron chi connectivity index (χ1n) is 4.58. The second-order valence-corrected chi connectivity index (χ2v) is 3.27. The first-order chi connectivity index (χ1) is 7.18. The molecule has 0 saturated heterocycles. The third-order valence-electron chi connectivity index (χ3n) is 2.09. The highest BCUT2D eigenvalue weighted by atomic mass is 19.1. The van der Waals surface area contributed by atoms with E-state index < -0.39 is 6.10 Å². The lowest BCUT2D eigenvalue weighted by atomic mass is 10.1. The van der Waals surface area contributed by atoms with Crippen molar-refractivity contribution < 1.29 is 14.0 Å². The number of aliphatic hydroxyl groups is 1. The lowest BCUT2D eigenvalue weighted by Crippen LogP contribution is -1.86. The van der Waals surface area contributed by atoms with Gasteiger partial charge in [0.1, 0.15) is 17.6 Å². The van der Waals surface area contributed by atoms with E-state index in [-0.39, 0.29) is 5.82 Å². The van der Waals surface area contributed by atoms with Crippen LogP contribution in [0.1, 0.15) is 18.8 Å². The Bertz CT molecular complexity index is 465. The summed E-state index contributed by atoms with van der Waals surface area (Å²) < 4.78 is 18.2. The predicted molar refractivity (Wildman–Crippen MR) is 52.5 cm³/mol. The van der Waals surface area contributed by atoms with E-state index in [1.165, 1.54) is 12.1 Å². The van der Waals surface area contributed by atoms with Gasteiger partial charge in [0.15, 0.2) is 5.76 Å². The highest BCUT2D eigenvalue weighted by Crippen LogP contribution is 2.24. The molecule has 0 amide bonds. The second kappa shape index (κ2) is 3.82. The fourth-order valence-corrected chi connectivity index (χ4v) is 1.28. The molecule has 1 unspecified atom stereocenters. The van der Waals surface area contributed by atoms with Gasteiger partial charge in [0.05, 0.1) is 0 Å². The van der Waals surface area contributed by atoms with E-state index in [0.29, 0.717) is 17.0 Å². The summed E-state index contributed by atoms with van der Waals surface area (Å²) in [4.78, 5) is 0. The van der Waals surface area contributed by atoms with Gasteiger partial charge in [-0.2, -0.15) is 0 Å². The summed E-state index contributed by atoms with van der Waals surface area (Å²) in [5.74, 6) is -0.0313. The molecule has 0 aliphatic rings. The summed E-state index contributed by atoms with van der Waals surface area (Å²) >= 11 is 0. The number of halogens is 1. The molecule has 4 heteroatoms. The molecule has 0 bridgehead atoms. The zero-order valence-corrected chi connectivity index (χ0v) is 8.14. The van der Waals surface area contributed by atoms with Gasteiger partial charge >= 0.3 is 0 Å². The van der Waals surface area contributed by atoms with Crippen molar-refractivity contribution in [3.05, 3.63) is 41.9 Å². The molecule has 2 aromatic rings. The minimum Gasteiger partial charge on any atom is -0.385 e. The van der Waals surface area contributed by atoms with Gasteiger partial charge < -0.3 is 9.63 Å². The smallest absolute Gasteiger partial charge is 0.165 e. The molecule has 3 nitrogen and oxygen atoms in total. The van der Waals surface area contributed by atoms with Crippen LogP contribution in [0.25, 0.3) is 11.3 Å². The highest BCUT2D eigenvalue weighted by Gasteiger charge is 2.12. The standard InChI is InChI=1S/C11H10FNO2/c1-7(14)11-6-10(13-15-11)8-4-2-3-5-9(8)12/h2-7,14H,1H3. The number of hydrogen-bond acceptors (Lipinski definition) is 3. The van der Waals surface area contributed by atoms with Gasteiger partial charge in [0, 0.05) is 11.6 Å². The van der Waals surface area contributed by atoms with Crippen LogP contribution in [-0.4, -0.2) is 10.3 Å². The fourth-order valence-electron chi connectivity index (χ4n) is 1.28. The van der Waals surface area contributed by atoms with Crippen LogP contribution in [-0.2, 0) is 0 Å². The van der Waals surface area contributed by atoms with Crippen molar-refractivity contribution in [2.45, 2.75) is 13.0 Å². The van der Waals surface area contributed by atoms with Crippen LogP contribution in [0.15, 0.2) is 34.9 Å².